The molecule has 0 unspecified atom stereocenters. The third kappa shape index (κ3) is 3.82. The molecule has 0 amide bonds. The summed E-state index contributed by atoms with van der Waals surface area (Å²) in [4.78, 5) is 22.9. The first-order valence-electron chi connectivity index (χ1n) is 6.22. The highest BCUT2D eigenvalue weighted by Crippen LogP contribution is 2.38. The molecule has 0 saturated carbocycles. The van der Waals surface area contributed by atoms with Gasteiger partial charge in [0.05, 0.1) is 32.4 Å². The van der Waals surface area contributed by atoms with Crippen LogP contribution in [0, 0.1) is 0 Å². The monoisotopic (exact) mass is 403 g/mol. The van der Waals surface area contributed by atoms with Gasteiger partial charge in [-0.2, -0.15) is 26.3 Å². The summed E-state index contributed by atoms with van der Waals surface area (Å²) in [5, 5.41) is -1.42. The van der Waals surface area contributed by atoms with E-state index in [1.807, 2.05) is 0 Å². The second kappa shape index (κ2) is 6.38. The van der Waals surface area contributed by atoms with E-state index in [9.17, 15) is 35.9 Å². The van der Waals surface area contributed by atoms with Crippen LogP contribution in [0.2, 0.25) is 10.0 Å². The van der Waals surface area contributed by atoms with Crippen molar-refractivity contribution in [2.24, 2.45) is 0 Å². The predicted octanol–water partition coefficient (Wildman–Crippen LogP) is 4.99. The summed E-state index contributed by atoms with van der Waals surface area (Å²) < 4.78 is 77.2. The van der Waals surface area contributed by atoms with E-state index < -0.39 is 50.3 Å². The highest BCUT2D eigenvalue weighted by atomic mass is 35.5. The average Bonchev–Trinajstić information content (AvgIpc) is 2.45. The number of aldehydes is 1. The van der Waals surface area contributed by atoms with Crippen LogP contribution in [0.5, 0.6) is 0 Å². The van der Waals surface area contributed by atoms with Crippen molar-refractivity contribution in [2.45, 2.75) is 12.4 Å². The third-order valence-electron chi connectivity index (χ3n) is 3.08. The number of halogens is 8. The van der Waals surface area contributed by atoms with Gasteiger partial charge in [0.15, 0.2) is 6.29 Å². The highest BCUT2D eigenvalue weighted by Gasteiger charge is 2.34. The van der Waals surface area contributed by atoms with Gasteiger partial charge in [-0.25, -0.2) is 0 Å². The second-order valence-electron chi connectivity index (χ2n) is 4.76. The maximum Gasteiger partial charge on any atom is 0.417 e. The fourth-order valence-electron chi connectivity index (χ4n) is 1.97. The number of pyridine rings is 1. The molecule has 0 aliphatic rings. The Kier molecular flexibility index (Phi) is 4.93. The largest absolute Gasteiger partial charge is 0.417 e. The predicted molar refractivity (Wildman–Crippen MR) is 77.5 cm³/mol. The zero-order chi connectivity index (χ0) is 19.2. The average molecular weight is 404 g/mol. The van der Waals surface area contributed by atoms with Gasteiger partial charge in [0.1, 0.15) is 0 Å². The number of hydrogen-bond donors (Lipinski definition) is 0. The molecule has 0 aliphatic carbocycles. The summed E-state index contributed by atoms with van der Waals surface area (Å²) in [6, 6.07) is 1.14. The molecule has 25 heavy (non-hydrogen) atoms. The summed E-state index contributed by atoms with van der Waals surface area (Å²) in [5.41, 5.74) is -5.30. The van der Waals surface area contributed by atoms with E-state index in [1.165, 1.54) is 0 Å². The van der Waals surface area contributed by atoms with Crippen LogP contribution >= 0.6 is 23.2 Å². The molecule has 0 saturated heterocycles. The Morgan fingerprint density at radius 3 is 1.76 bits per heavy atom. The number of rotatable bonds is 2. The minimum Gasteiger partial charge on any atom is -0.298 e. The summed E-state index contributed by atoms with van der Waals surface area (Å²) in [6.45, 7) is 0. The van der Waals surface area contributed by atoms with Crippen molar-refractivity contribution < 1.29 is 31.1 Å². The standard InChI is InChI=1S/C14H5Cl2F6NO2/c15-9-2-7(13(17,18)19)3-10(16)11(9)23-4-8(14(20,21)22)1-6(5-24)12(23)25/h1-5H. The minimum atomic E-state index is -4.92. The quantitative estimate of drug-likeness (QED) is 0.523. The topological polar surface area (TPSA) is 39.1 Å². The van der Waals surface area contributed by atoms with Crippen LogP contribution in [0.4, 0.5) is 26.3 Å². The lowest BCUT2D eigenvalue weighted by molar-refractivity contribution is -0.138. The zero-order valence-electron chi connectivity index (χ0n) is 11.7. The maximum absolute atomic E-state index is 12.9. The van der Waals surface area contributed by atoms with Gasteiger partial charge in [0.2, 0.25) is 0 Å². The van der Waals surface area contributed by atoms with Gasteiger partial charge in [0, 0.05) is 6.20 Å². The van der Waals surface area contributed by atoms with Gasteiger partial charge in [-0.05, 0) is 18.2 Å². The fraction of sp³-hybridized carbons (Fsp3) is 0.143. The van der Waals surface area contributed by atoms with E-state index >= 15 is 0 Å². The molecule has 2 rings (SSSR count). The van der Waals surface area contributed by atoms with Crippen LogP contribution in [0.25, 0.3) is 5.69 Å². The van der Waals surface area contributed by atoms with Gasteiger partial charge < -0.3 is 0 Å². The summed E-state index contributed by atoms with van der Waals surface area (Å²) in [7, 11) is 0. The van der Waals surface area contributed by atoms with Crippen LogP contribution in [-0.4, -0.2) is 10.9 Å². The van der Waals surface area contributed by atoms with Crippen LogP contribution < -0.4 is 5.56 Å². The number of hydrogen-bond acceptors (Lipinski definition) is 2. The molecule has 134 valence electrons. The third-order valence-corrected chi connectivity index (χ3v) is 3.66. The Morgan fingerprint density at radius 2 is 1.36 bits per heavy atom. The first-order valence-corrected chi connectivity index (χ1v) is 6.97. The highest BCUT2D eigenvalue weighted by molar-refractivity contribution is 6.37. The lowest BCUT2D eigenvalue weighted by atomic mass is 10.1. The molecule has 0 radical (unpaired) electrons. The van der Waals surface area contributed by atoms with Gasteiger partial charge in [-0.15, -0.1) is 0 Å². The van der Waals surface area contributed by atoms with E-state index in [4.69, 9.17) is 23.2 Å². The maximum atomic E-state index is 12.9. The molecular weight excluding hydrogens is 399 g/mol. The second-order valence-corrected chi connectivity index (χ2v) is 5.58. The number of carbonyl (C=O) groups excluding carboxylic acids is 1. The molecule has 2 aromatic rings. The molecule has 0 atom stereocenters. The van der Waals surface area contributed by atoms with E-state index in [-0.39, 0.29) is 10.9 Å². The van der Waals surface area contributed by atoms with Crippen molar-refractivity contribution in [3.05, 3.63) is 61.5 Å². The van der Waals surface area contributed by atoms with Crippen LogP contribution in [-0.2, 0) is 12.4 Å². The number of alkyl halides is 6. The van der Waals surface area contributed by atoms with Crippen LogP contribution in [0.15, 0.2) is 29.2 Å². The number of aromatic nitrogens is 1. The molecule has 0 aliphatic heterocycles. The van der Waals surface area contributed by atoms with Crippen molar-refractivity contribution in [3.63, 3.8) is 0 Å². The van der Waals surface area contributed by atoms with Crippen LogP contribution in [0.1, 0.15) is 21.5 Å². The molecule has 0 N–H and O–H groups in total. The van der Waals surface area contributed by atoms with E-state index in [0.717, 1.165) is 0 Å². The van der Waals surface area contributed by atoms with Gasteiger partial charge >= 0.3 is 12.4 Å². The lowest BCUT2D eigenvalue weighted by Gasteiger charge is -2.16. The van der Waals surface area contributed by atoms with Crippen molar-refractivity contribution in [1.29, 1.82) is 0 Å². The molecule has 0 spiro atoms. The molecule has 3 nitrogen and oxygen atoms in total. The van der Waals surface area contributed by atoms with Crippen molar-refractivity contribution in [1.82, 2.24) is 4.57 Å². The van der Waals surface area contributed by atoms with E-state index in [1.54, 1.807) is 0 Å². The molecule has 1 aromatic carbocycles. The Bertz CT molecular complexity index is 879. The molecular formula is C14H5Cl2F6NO2. The summed E-state index contributed by atoms with van der Waals surface area (Å²) >= 11 is 11.4. The SMILES string of the molecule is O=Cc1cc(C(F)(F)F)cn(-c2c(Cl)cc(C(F)(F)F)cc2Cl)c1=O. The van der Waals surface area contributed by atoms with E-state index in [0.29, 0.717) is 24.4 Å². The van der Waals surface area contributed by atoms with Crippen molar-refractivity contribution >= 4 is 29.5 Å². The zero-order valence-corrected chi connectivity index (χ0v) is 13.2. The smallest absolute Gasteiger partial charge is 0.298 e. The number of benzene rings is 1. The Morgan fingerprint density at radius 1 is 0.880 bits per heavy atom. The number of nitrogens with zero attached hydrogens (tertiary/aromatic N) is 1. The molecule has 0 bridgehead atoms. The summed E-state index contributed by atoms with van der Waals surface area (Å²) in [5.74, 6) is 0. The van der Waals surface area contributed by atoms with Gasteiger partial charge in [-0.3, -0.25) is 14.2 Å². The molecule has 11 heteroatoms. The van der Waals surface area contributed by atoms with Gasteiger partial charge in [0.25, 0.3) is 5.56 Å². The van der Waals surface area contributed by atoms with Crippen molar-refractivity contribution in [3.8, 4) is 5.69 Å². The summed E-state index contributed by atoms with van der Waals surface area (Å²) in [6.07, 6.45) is -9.54. The van der Waals surface area contributed by atoms with Crippen LogP contribution in [0.3, 0.4) is 0 Å². The Balaban J connectivity index is 2.83. The van der Waals surface area contributed by atoms with E-state index in [2.05, 4.69) is 0 Å². The fourth-order valence-corrected chi connectivity index (χ4v) is 2.64. The Labute approximate surface area is 145 Å². The Hall–Kier alpha value is -2.00. The lowest BCUT2D eigenvalue weighted by Crippen LogP contribution is -2.25. The minimum absolute atomic E-state index is 0.111. The first kappa shape index (κ1) is 19.3. The molecule has 0 fully saturated rings. The molecule has 1 aromatic heterocycles. The first-order chi connectivity index (χ1) is 11.4. The normalized spacial score (nSPS) is 12.3. The number of carbonyl (C=O) groups is 1. The van der Waals surface area contributed by atoms with Crippen molar-refractivity contribution in [2.75, 3.05) is 0 Å². The van der Waals surface area contributed by atoms with Gasteiger partial charge in [-0.1, -0.05) is 23.2 Å². The molecule has 1 heterocycles.